The van der Waals surface area contributed by atoms with E-state index in [9.17, 15) is 14.4 Å². The minimum Gasteiger partial charge on any atom is -0.332 e. The Kier molecular flexibility index (Phi) is 7.36. The van der Waals surface area contributed by atoms with Crippen LogP contribution < -0.4 is 16.1 Å². The number of imide groups is 1. The number of nitrogens with one attached hydrogen (secondary N) is 2. The number of urea groups is 1. The fourth-order valence-electron chi connectivity index (χ4n) is 4.70. The number of quaternary nitrogens is 1. The molecule has 1 aromatic rings. The van der Waals surface area contributed by atoms with Gasteiger partial charge in [0, 0.05) is 11.5 Å². The quantitative estimate of drug-likeness (QED) is 0.555. The molecule has 1 aliphatic carbocycles. The maximum absolute atomic E-state index is 12.8. The van der Waals surface area contributed by atoms with Crippen LogP contribution in [0.25, 0.3) is 0 Å². The zero-order chi connectivity index (χ0) is 22.6. The number of hydrogen-bond acceptors (Lipinski definition) is 3. The highest BCUT2D eigenvalue weighted by Crippen LogP contribution is 2.33. The third kappa shape index (κ3) is 5.09. The van der Waals surface area contributed by atoms with Crippen LogP contribution in [0.1, 0.15) is 89.3 Å². The molecular formula is C24H37N4O3+. The first kappa shape index (κ1) is 23.3. The number of hydrogen-bond donors (Lipinski definition) is 3. The lowest BCUT2D eigenvalue weighted by Gasteiger charge is -2.30. The second-order valence-corrected chi connectivity index (χ2v) is 9.43. The number of amides is 4. The van der Waals surface area contributed by atoms with E-state index in [-0.39, 0.29) is 24.4 Å². The second kappa shape index (κ2) is 9.81. The lowest BCUT2D eigenvalue weighted by Crippen LogP contribution is -2.88. The number of benzene rings is 1. The first-order valence-electron chi connectivity index (χ1n) is 11.7. The third-order valence-corrected chi connectivity index (χ3v) is 6.88. The van der Waals surface area contributed by atoms with E-state index in [1.165, 1.54) is 11.1 Å². The molecular weight excluding hydrogens is 392 g/mol. The lowest BCUT2D eigenvalue weighted by atomic mass is 9.82. The summed E-state index contributed by atoms with van der Waals surface area (Å²) in [6.07, 6.45) is 5.27. The molecule has 170 valence electrons. The van der Waals surface area contributed by atoms with Crippen molar-refractivity contribution in [3.63, 3.8) is 0 Å². The number of nitrogens with two attached hydrogens (primary N) is 1. The SMILES string of the molecule is CC[C@@H](C)c1ccc([C@@H]([NH2+]CC(=O)NN2C(=O)NC3(CCCCC3)C2=O)C(C)C)cc1. The average Bonchev–Trinajstić information content (AvgIpc) is 2.97. The Morgan fingerprint density at radius 3 is 2.29 bits per heavy atom. The minimum absolute atomic E-state index is 0.115. The van der Waals surface area contributed by atoms with Crippen molar-refractivity contribution in [1.82, 2.24) is 15.8 Å². The molecule has 7 nitrogen and oxygen atoms in total. The van der Waals surface area contributed by atoms with Gasteiger partial charge in [-0.05, 0) is 30.7 Å². The maximum Gasteiger partial charge on any atom is 0.344 e. The molecule has 3 rings (SSSR count). The first-order chi connectivity index (χ1) is 14.8. The molecule has 31 heavy (non-hydrogen) atoms. The molecule has 1 heterocycles. The van der Waals surface area contributed by atoms with Crippen molar-refractivity contribution in [2.45, 2.75) is 83.7 Å². The van der Waals surface area contributed by atoms with E-state index in [1.807, 2.05) is 5.32 Å². The standard InChI is InChI=1S/C24H36N4O3/c1-5-17(4)18-9-11-19(12-10-18)21(16(2)3)25-15-20(29)27-28-22(30)24(26-23(28)31)13-7-6-8-14-24/h9-12,16-17,21,25H,5-8,13-15H2,1-4H3,(H,26,31)(H,27,29)/p+1/t17-,21+/m1/s1. The molecule has 2 fully saturated rings. The summed E-state index contributed by atoms with van der Waals surface area (Å²) in [5.41, 5.74) is 4.19. The van der Waals surface area contributed by atoms with Gasteiger partial charge in [0.05, 0.1) is 0 Å². The Hall–Kier alpha value is -2.41. The molecule has 0 aromatic heterocycles. The lowest BCUT2D eigenvalue weighted by molar-refractivity contribution is -0.692. The number of carbonyl (C=O) groups is 3. The van der Waals surface area contributed by atoms with Gasteiger partial charge in [-0.1, -0.05) is 71.2 Å². The van der Waals surface area contributed by atoms with E-state index in [4.69, 9.17) is 0 Å². The van der Waals surface area contributed by atoms with Gasteiger partial charge in [-0.2, -0.15) is 5.01 Å². The van der Waals surface area contributed by atoms with Gasteiger partial charge in [-0.15, -0.1) is 0 Å². The minimum atomic E-state index is -0.829. The van der Waals surface area contributed by atoms with E-state index in [0.29, 0.717) is 24.7 Å². The molecule has 1 saturated heterocycles. The molecule has 0 unspecified atom stereocenters. The molecule has 0 bridgehead atoms. The normalized spacial score (nSPS) is 20.1. The Balaban J connectivity index is 1.59. The first-order valence-corrected chi connectivity index (χ1v) is 11.7. The van der Waals surface area contributed by atoms with Crippen LogP contribution in [0, 0.1) is 5.92 Å². The monoisotopic (exact) mass is 429 g/mol. The van der Waals surface area contributed by atoms with E-state index >= 15 is 0 Å². The number of nitrogens with zero attached hydrogens (tertiary/aromatic N) is 1. The van der Waals surface area contributed by atoms with Crippen molar-refractivity contribution < 1.29 is 19.7 Å². The summed E-state index contributed by atoms with van der Waals surface area (Å²) in [6.45, 7) is 8.81. The summed E-state index contributed by atoms with van der Waals surface area (Å²) in [5, 5.41) is 5.68. The summed E-state index contributed by atoms with van der Waals surface area (Å²) in [7, 11) is 0. The number of rotatable bonds is 8. The van der Waals surface area contributed by atoms with Crippen LogP contribution in [-0.2, 0) is 9.59 Å². The van der Waals surface area contributed by atoms with Gasteiger partial charge >= 0.3 is 6.03 Å². The van der Waals surface area contributed by atoms with Gasteiger partial charge in [0.15, 0.2) is 6.54 Å². The Morgan fingerprint density at radius 1 is 1.10 bits per heavy atom. The molecule has 4 amide bonds. The molecule has 7 heteroatoms. The van der Waals surface area contributed by atoms with E-state index in [2.05, 4.69) is 62.7 Å². The highest BCUT2D eigenvalue weighted by molar-refractivity contribution is 6.08. The van der Waals surface area contributed by atoms with Crippen molar-refractivity contribution >= 4 is 17.8 Å². The highest BCUT2D eigenvalue weighted by Gasteiger charge is 2.52. The Bertz CT molecular complexity index is 800. The maximum atomic E-state index is 12.8. The molecule has 1 aliphatic heterocycles. The summed E-state index contributed by atoms with van der Waals surface area (Å²) in [6, 6.07) is 8.22. The number of carbonyl (C=O) groups excluding carboxylic acids is 3. The molecule has 1 spiro atoms. The zero-order valence-electron chi connectivity index (χ0n) is 19.2. The van der Waals surface area contributed by atoms with Gasteiger partial charge in [0.25, 0.3) is 11.8 Å². The van der Waals surface area contributed by atoms with Crippen molar-refractivity contribution in [3.05, 3.63) is 35.4 Å². The fourth-order valence-corrected chi connectivity index (χ4v) is 4.70. The molecule has 1 saturated carbocycles. The highest BCUT2D eigenvalue weighted by atomic mass is 16.2. The van der Waals surface area contributed by atoms with E-state index in [0.717, 1.165) is 30.7 Å². The predicted molar refractivity (Wildman–Crippen MR) is 119 cm³/mol. The van der Waals surface area contributed by atoms with Gasteiger partial charge in [-0.3, -0.25) is 15.0 Å². The molecule has 4 N–H and O–H groups in total. The topological polar surface area (TPSA) is 95.1 Å². The van der Waals surface area contributed by atoms with Crippen LogP contribution in [-0.4, -0.2) is 34.9 Å². The van der Waals surface area contributed by atoms with Crippen molar-refractivity contribution in [2.75, 3.05) is 6.54 Å². The van der Waals surface area contributed by atoms with E-state index in [1.54, 1.807) is 0 Å². The van der Waals surface area contributed by atoms with Crippen LogP contribution in [0.3, 0.4) is 0 Å². The van der Waals surface area contributed by atoms with Crippen LogP contribution in [0.5, 0.6) is 0 Å². The molecule has 2 aliphatic rings. The van der Waals surface area contributed by atoms with Crippen molar-refractivity contribution in [1.29, 1.82) is 0 Å². The van der Waals surface area contributed by atoms with Crippen LogP contribution in [0.15, 0.2) is 24.3 Å². The summed E-state index contributed by atoms with van der Waals surface area (Å²) < 4.78 is 0. The van der Waals surface area contributed by atoms with Gasteiger partial charge < -0.3 is 10.6 Å². The predicted octanol–water partition coefficient (Wildman–Crippen LogP) is 2.75. The summed E-state index contributed by atoms with van der Waals surface area (Å²) in [4.78, 5) is 37.8. The molecule has 0 radical (unpaired) electrons. The van der Waals surface area contributed by atoms with Crippen LogP contribution >= 0.6 is 0 Å². The molecule has 1 aromatic carbocycles. The Morgan fingerprint density at radius 2 is 1.71 bits per heavy atom. The van der Waals surface area contributed by atoms with Crippen LogP contribution in [0.2, 0.25) is 0 Å². The van der Waals surface area contributed by atoms with Gasteiger partial charge in [0.2, 0.25) is 0 Å². The van der Waals surface area contributed by atoms with Crippen molar-refractivity contribution in [3.8, 4) is 0 Å². The smallest absolute Gasteiger partial charge is 0.332 e. The third-order valence-electron chi connectivity index (χ3n) is 6.88. The van der Waals surface area contributed by atoms with Gasteiger partial charge in [-0.25, -0.2) is 4.79 Å². The zero-order valence-corrected chi connectivity index (χ0v) is 19.2. The molecule has 2 atom stereocenters. The Labute approximate surface area is 185 Å². The van der Waals surface area contributed by atoms with Crippen LogP contribution in [0.4, 0.5) is 4.79 Å². The average molecular weight is 430 g/mol. The largest absolute Gasteiger partial charge is 0.344 e. The van der Waals surface area contributed by atoms with Crippen molar-refractivity contribution in [2.24, 2.45) is 5.92 Å². The van der Waals surface area contributed by atoms with Gasteiger partial charge in [0.1, 0.15) is 11.6 Å². The second-order valence-electron chi connectivity index (χ2n) is 9.43. The fraction of sp³-hybridized carbons (Fsp3) is 0.625. The summed E-state index contributed by atoms with van der Waals surface area (Å²) >= 11 is 0. The summed E-state index contributed by atoms with van der Waals surface area (Å²) in [5.74, 6) is 0.173. The number of hydrazine groups is 1. The van der Waals surface area contributed by atoms with E-state index < -0.39 is 11.6 Å².